The van der Waals surface area contributed by atoms with E-state index in [1.807, 2.05) is 0 Å². The van der Waals surface area contributed by atoms with Crippen molar-refractivity contribution in [2.24, 2.45) is 0 Å². The summed E-state index contributed by atoms with van der Waals surface area (Å²) >= 11 is 0. The molecule has 0 aliphatic heterocycles. The maximum absolute atomic E-state index is 5.37. The molecule has 8 nitrogen and oxygen atoms in total. The van der Waals surface area contributed by atoms with Crippen molar-refractivity contribution >= 4 is 43.6 Å². The Morgan fingerprint density at radius 2 is 0.632 bits per heavy atom. The number of hydrogen-bond acceptors (Lipinski definition) is 6. The summed E-state index contributed by atoms with van der Waals surface area (Å²) in [4.78, 5) is 31.7. The standard InChI is InChI=1S/C60H54N8/c1-35(2)39-17-25-43(26-18-39)55-61-56(44-27-19-40(20-28-44)36(3)4)64-59(63-55)67-51-16-12-10-14-49(51)53-52(67)34-33-48-47-13-9-11-15-50(47)68(54(48)53)60-65-57(45-29-21-41(22-30-45)37(5)6)62-58(66-60)46-31-23-42(24-32-46)38(7)8/h9-38H,1-8H3. The van der Waals surface area contributed by atoms with Crippen molar-refractivity contribution in [3.8, 4) is 57.4 Å². The van der Waals surface area contributed by atoms with Crippen molar-refractivity contribution in [1.82, 2.24) is 39.0 Å². The van der Waals surface area contributed by atoms with Crippen molar-refractivity contribution in [3.63, 3.8) is 0 Å². The monoisotopic (exact) mass is 886 g/mol. The Hall–Kier alpha value is -7.84. The SMILES string of the molecule is CC(C)c1ccc(-c2nc(-c3ccc(C(C)C)cc3)nc(-n3c4ccccc4c4c3ccc3c5ccccc5n(-c5nc(-c6ccc(C(C)C)cc6)nc(-c6ccc(C(C)C)cc6)n5)c34)n2)cc1. The zero-order chi connectivity index (χ0) is 46.8. The maximum Gasteiger partial charge on any atom is 0.238 e. The van der Waals surface area contributed by atoms with Crippen LogP contribution in [0.2, 0.25) is 0 Å². The van der Waals surface area contributed by atoms with Gasteiger partial charge >= 0.3 is 0 Å². The van der Waals surface area contributed by atoms with Crippen LogP contribution in [0.3, 0.4) is 0 Å². The molecule has 7 aromatic carbocycles. The molecule has 4 aromatic heterocycles. The molecule has 0 N–H and O–H groups in total. The van der Waals surface area contributed by atoms with E-state index in [1.165, 1.54) is 22.3 Å². The van der Waals surface area contributed by atoms with E-state index in [9.17, 15) is 0 Å². The third kappa shape index (κ3) is 7.50. The lowest BCUT2D eigenvalue weighted by Crippen LogP contribution is -2.07. The van der Waals surface area contributed by atoms with Crippen LogP contribution in [0.1, 0.15) is 101 Å². The molecule has 11 rings (SSSR count). The fraction of sp³-hybridized carbons (Fsp3) is 0.200. The largest absolute Gasteiger partial charge is 0.278 e. The number of hydrogen-bond donors (Lipinski definition) is 0. The third-order valence-corrected chi connectivity index (χ3v) is 13.5. The zero-order valence-corrected chi connectivity index (χ0v) is 39.9. The lowest BCUT2D eigenvalue weighted by molar-refractivity contribution is 0.866. The first-order valence-corrected chi connectivity index (χ1v) is 23.9. The summed E-state index contributed by atoms with van der Waals surface area (Å²) in [5, 5.41) is 4.30. The molecule has 0 unspecified atom stereocenters. The van der Waals surface area contributed by atoms with Gasteiger partial charge in [-0.3, -0.25) is 9.13 Å². The van der Waals surface area contributed by atoms with Crippen LogP contribution in [0.5, 0.6) is 0 Å². The lowest BCUT2D eigenvalue weighted by Gasteiger charge is -2.13. The molecule has 0 fully saturated rings. The van der Waals surface area contributed by atoms with E-state index in [0.29, 0.717) is 58.9 Å². The van der Waals surface area contributed by atoms with Gasteiger partial charge in [-0.1, -0.05) is 195 Å². The third-order valence-electron chi connectivity index (χ3n) is 13.5. The van der Waals surface area contributed by atoms with Crippen molar-refractivity contribution in [3.05, 3.63) is 180 Å². The summed E-state index contributed by atoms with van der Waals surface area (Å²) in [6.07, 6.45) is 0. The van der Waals surface area contributed by atoms with Crippen molar-refractivity contribution in [2.45, 2.75) is 79.1 Å². The number of fused-ring (bicyclic) bond motifs is 7. The van der Waals surface area contributed by atoms with Crippen LogP contribution >= 0.6 is 0 Å². The lowest BCUT2D eigenvalue weighted by atomic mass is 10.0. The second-order valence-corrected chi connectivity index (χ2v) is 19.2. The van der Waals surface area contributed by atoms with Crippen molar-refractivity contribution in [2.75, 3.05) is 0 Å². The van der Waals surface area contributed by atoms with Gasteiger partial charge in [0.1, 0.15) is 0 Å². The molecule has 0 spiro atoms. The van der Waals surface area contributed by atoms with E-state index >= 15 is 0 Å². The topological polar surface area (TPSA) is 87.2 Å². The Morgan fingerprint density at radius 1 is 0.294 bits per heavy atom. The van der Waals surface area contributed by atoms with Gasteiger partial charge in [-0.15, -0.1) is 0 Å². The van der Waals surface area contributed by atoms with E-state index in [1.54, 1.807) is 0 Å². The number of para-hydroxylation sites is 2. The average molecular weight is 887 g/mol. The van der Waals surface area contributed by atoms with Crippen LogP contribution in [0.25, 0.3) is 101 Å². The molecule has 0 amide bonds. The molecule has 0 radical (unpaired) electrons. The van der Waals surface area contributed by atoms with Gasteiger partial charge in [0.2, 0.25) is 11.9 Å². The van der Waals surface area contributed by atoms with Gasteiger partial charge in [0, 0.05) is 43.8 Å². The predicted molar refractivity (Wildman–Crippen MR) is 280 cm³/mol. The van der Waals surface area contributed by atoms with E-state index in [0.717, 1.165) is 65.9 Å². The molecule has 8 heteroatoms. The molecular weight excluding hydrogens is 833 g/mol. The predicted octanol–water partition coefficient (Wildman–Crippen LogP) is 15.4. The van der Waals surface area contributed by atoms with Crippen LogP contribution < -0.4 is 0 Å². The summed E-state index contributed by atoms with van der Waals surface area (Å²) in [6, 6.07) is 56.0. The highest BCUT2D eigenvalue weighted by Crippen LogP contribution is 2.42. The zero-order valence-electron chi connectivity index (χ0n) is 39.9. The first-order chi connectivity index (χ1) is 33.0. The van der Waals surface area contributed by atoms with Gasteiger partial charge in [-0.2, -0.15) is 19.9 Å². The summed E-state index contributed by atoms with van der Waals surface area (Å²) in [5.41, 5.74) is 12.7. The fourth-order valence-corrected chi connectivity index (χ4v) is 9.45. The molecule has 0 aliphatic carbocycles. The average Bonchev–Trinajstić information content (AvgIpc) is 3.89. The van der Waals surface area contributed by atoms with Crippen LogP contribution in [0.15, 0.2) is 158 Å². The summed E-state index contributed by atoms with van der Waals surface area (Å²) in [7, 11) is 0. The molecule has 334 valence electrons. The van der Waals surface area contributed by atoms with Gasteiger partial charge < -0.3 is 0 Å². The Kier molecular flexibility index (Phi) is 10.8. The minimum atomic E-state index is 0.401. The molecule has 68 heavy (non-hydrogen) atoms. The molecule has 0 saturated carbocycles. The first kappa shape index (κ1) is 42.8. The molecular formula is C60H54N8. The van der Waals surface area contributed by atoms with Crippen molar-refractivity contribution < 1.29 is 0 Å². The Bertz CT molecular complexity index is 3510. The van der Waals surface area contributed by atoms with Crippen LogP contribution in [0.4, 0.5) is 0 Å². The smallest absolute Gasteiger partial charge is 0.238 e. The van der Waals surface area contributed by atoms with Gasteiger partial charge in [0.25, 0.3) is 0 Å². The number of aromatic nitrogens is 8. The number of nitrogens with zero attached hydrogens (tertiary/aromatic N) is 8. The van der Waals surface area contributed by atoms with Gasteiger partial charge in [0.05, 0.1) is 22.1 Å². The number of rotatable bonds is 10. The van der Waals surface area contributed by atoms with E-state index < -0.39 is 0 Å². The quantitative estimate of drug-likeness (QED) is 0.136. The van der Waals surface area contributed by atoms with Crippen LogP contribution in [0, 0.1) is 0 Å². The fourth-order valence-electron chi connectivity index (χ4n) is 9.45. The van der Waals surface area contributed by atoms with E-state index in [2.05, 4.69) is 222 Å². The van der Waals surface area contributed by atoms with Crippen LogP contribution in [-0.2, 0) is 0 Å². The van der Waals surface area contributed by atoms with E-state index in [4.69, 9.17) is 29.9 Å². The molecule has 0 saturated heterocycles. The summed E-state index contributed by atoms with van der Waals surface area (Å²) < 4.78 is 4.43. The Labute approximate surface area is 397 Å². The maximum atomic E-state index is 5.37. The van der Waals surface area contributed by atoms with E-state index in [-0.39, 0.29) is 0 Å². The molecule has 4 heterocycles. The second-order valence-electron chi connectivity index (χ2n) is 19.2. The normalized spacial score (nSPS) is 12.1. The molecule has 0 atom stereocenters. The summed E-state index contributed by atoms with van der Waals surface area (Å²) in [5.74, 6) is 5.15. The minimum absolute atomic E-state index is 0.401. The van der Waals surface area contributed by atoms with Gasteiger partial charge in [0.15, 0.2) is 23.3 Å². The molecule has 0 aliphatic rings. The van der Waals surface area contributed by atoms with Gasteiger partial charge in [-0.25, -0.2) is 9.97 Å². The minimum Gasteiger partial charge on any atom is -0.278 e. The van der Waals surface area contributed by atoms with Crippen molar-refractivity contribution in [1.29, 1.82) is 0 Å². The van der Waals surface area contributed by atoms with Gasteiger partial charge in [-0.05, 0) is 64.1 Å². The highest BCUT2D eigenvalue weighted by Gasteiger charge is 2.25. The first-order valence-electron chi connectivity index (χ1n) is 23.9. The highest BCUT2D eigenvalue weighted by molar-refractivity contribution is 6.26. The summed E-state index contributed by atoms with van der Waals surface area (Å²) in [6.45, 7) is 17.7. The highest BCUT2D eigenvalue weighted by atomic mass is 15.2. The van der Waals surface area contributed by atoms with Crippen LogP contribution in [-0.4, -0.2) is 39.0 Å². The Balaban J connectivity index is 1.19. The Morgan fingerprint density at radius 3 is 1.01 bits per heavy atom. The molecule has 11 aromatic rings. The second kappa shape index (κ2) is 17.1. The number of benzene rings is 7. The molecule has 0 bridgehead atoms.